The van der Waals surface area contributed by atoms with Gasteiger partial charge in [-0.15, -0.1) is 0 Å². The number of ketones is 1. The molecule has 5 nitrogen and oxygen atoms in total. The van der Waals surface area contributed by atoms with Crippen LogP contribution in [-0.4, -0.2) is 34.2 Å². The molecular formula is C23H34O5. The van der Waals surface area contributed by atoms with E-state index in [4.69, 9.17) is 18.9 Å². The van der Waals surface area contributed by atoms with Crippen LogP contribution in [-0.2, 0) is 4.79 Å². The van der Waals surface area contributed by atoms with Crippen molar-refractivity contribution in [2.75, 3.05) is 28.4 Å². The van der Waals surface area contributed by atoms with E-state index >= 15 is 0 Å². The van der Waals surface area contributed by atoms with E-state index in [-0.39, 0.29) is 5.78 Å². The Kier molecular flexibility index (Phi) is 12.2. The van der Waals surface area contributed by atoms with Gasteiger partial charge in [0.05, 0.1) is 34.4 Å². The number of benzene rings is 2. The molecule has 0 unspecified atom stereocenters. The van der Waals surface area contributed by atoms with E-state index in [1.807, 2.05) is 52.0 Å². The topological polar surface area (TPSA) is 54.0 Å². The number of methoxy groups -OCH3 is 4. The molecule has 5 heteroatoms. The van der Waals surface area contributed by atoms with E-state index in [0.29, 0.717) is 23.0 Å². The van der Waals surface area contributed by atoms with Gasteiger partial charge in [0.2, 0.25) is 0 Å². The first kappa shape index (κ1) is 25.3. The summed E-state index contributed by atoms with van der Waals surface area (Å²) in [4.78, 5) is 12.5. The summed E-state index contributed by atoms with van der Waals surface area (Å²) in [5.41, 5.74) is 1.44. The number of carbonyl (C=O) groups excluding carboxylic acids is 1. The van der Waals surface area contributed by atoms with Gasteiger partial charge in [-0.2, -0.15) is 0 Å². The second-order valence-corrected chi connectivity index (χ2v) is 5.21. The van der Waals surface area contributed by atoms with Crippen LogP contribution in [0.5, 0.6) is 23.0 Å². The number of carbonyl (C=O) groups is 1. The molecule has 0 fully saturated rings. The molecule has 0 radical (unpaired) electrons. The first-order valence-corrected chi connectivity index (χ1v) is 9.51. The number of hydrogen-bond donors (Lipinski definition) is 0. The molecule has 0 spiro atoms. The molecule has 0 saturated heterocycles. The fourth-order valence-electron chi connectivity index (χ4n) is 2.88. The zero-order chi connectivity index (χ0) is 21.7. The highest BCUT2D eigenvalue weighted by Crippen LogP contribution is 2.43. The fraction of sp³-hybridized carbons (Fsp3) is 0.435. The van der Waals surface area contributed by atoms with Crippen LogP contribution in [0.2, 0.25) is 0 Å². The average molecular weight is 391 g/mol. The molecule has 0 atom stereocenters. The second-order valence-electron chi connectivity index (χ2n) is 5.21. The summed E-state index contributed by atoms with van der Waals surface area (Å²) >= 11 is 0. The molecule has 0 aliphatic heterocycles. The van der Waals surface area contributed by atoms with Gasteiger partial charge in [-0.1, -0.05) is 52.0 Å². The Bertz CT molecular complexity index is 669. The van der Waals surface area contributed by atoms with Crippen molar-refractivity contribution in [3.63, 3.8) is 0 Å². The van der Waals surface area contributed by atoms with Gasteiger partial charge in [0, 0.05) is 11.1 Å². The van der Waals surface area contributed by atoms with Crippen LogP contribution in [0.3, 0.4) is 0 Å². The maximum atomic E-state index is 12.5. The molecule has 156 valence electrons. The molecule has 0 bridgehead atoms. The summed E-state index contributed by atoms with van der Waals surface area (Å²) in [5, 5.41) is 0. The summed E-state index contributed by atoms with van der Waals surface area (Å²) in [6.07, 6.45) is 0. The molecule has 28 heavy (non-hydrogen) atoms. The van der Waals surface area contributed by atoms with Crippen molar-refractivity contribution < 1.29 is 23.7 Å². The van der Waals surface area contributed by atoms with E-state index in [1.165, 1.54) is 0 Å². The third-order valence-corrected chi connectivity index (χ3v) is 3.90. The van der Waals surface area contributed by atoms with Gasteiger partial charge in [0.15, 0.2) is 23.0 Å². The van der Waals surface area contributed by atoms with Crippen molar-refractivity contribution in [1.82, 2.24) is 0 Å². The summed E-state index contributed by atoms with van der Waals surface area (Å²) in [7, 11) is 6.25. The third kappa shape index (κ3) is 5.65. The van der Waals surface area contributed by atoms with E-state index in [2.05, 4.69) is 0 Å². The van der Waals surface area contributed by atoms with Crippen molar-refractivity contribution >= 4 is 5.78 Å². The lowest BCUT2D eigenvalue weighted by molar-refractivity contribution is -0.117. The Morgan fingerprint density at radius 2 is 1.04 bits per heavy atom. The molecule has 0 heterocycles. The first-order valence-electron chi connectivity index (χ1n) is 9.51. The quantitative estimate of drug-likeness (QED) is 0.625. The van der Waals surface area contributed by atoms with Crippen LogP contribution in [0.15, 0.2) is 36.4 Å². The number of Topliss-reactive ketones (excluding diaryl/α,β-unsaturated/α-hetero) is 1. The largest absolute Gasteiger partial charge is 0.493 e. The lowest BCUT2D eigenvalue weighted by atomic mass is 9.86. The highest BCUT2D eigenvalue weighted by atomic mass is 16.5. The lowest BCUT2D eigenvalue weighted by Crippen LogP contribution is -2.14. The summed E-state index contributed by atoms with van der Waals surface area (Å²) in [5.74, 6) is 1.62. The molecule has 0 amide bonds. The Labute approximate surface area is 169 Å². The van der Waals surface area contributed by atoms with Crippen molar-refractivity contribution in [3.8, 4) is 23.0 Å². The van der Waals surface area contributed by atoms with Crippen LogP contribution in [0.25, 0.3) is 0 Å². The van der Waals surface area contributed by atoms with Crippen molar-refractivity contribution in [2.45, 2.75) is 40.5 Å². The van der Waals surface area contributed by atoms with Crippen LogP contribution < -0.4 is 18.9 Å². The van der Waals surface area contributed by atoms with Crippen LogP contribution in [0.4, 0.5) is 0 Å². The van der Waals surface area contributed by atoms with Gasteiger partial charge >= 0.3 is 0 Å². The maximum absolute atomic E-state index is 12.5. The van der Waals surface area contributed by atoms with Crippen LogP contribution in [0.1, 0.15) is 51.7 Å². The molecule has 0 saturated carbocycles. The van der Waals surface area contributed by atoms with Gasteiger partial charge in [-0.3, -0.25) is 4.79 Å². The summed E-state index contributed by atoms with van der Waals surface area (Å²) in [6.45, 7) is 9.54. The third-order valence-electron chi connectivity index (χ3n) is 3.90. The molecule has 2 rings (SSSR count). The predicted molar refractivity (Wildman–Crippen MR) is 114 cm³/mol. The normalized spacial score (nSPS) is 9.36. The molecule has 0 aromatic heterocycles. The molecule has 0 N–H and O–H groups in total. The molecule has 2 aromatic rings. The zero-order valence-electron chi connectivity index (χ0n) is 18.6. The monoisotopic (exact) mass is 390 g/mol. The molecule has 2 aromatic carbocycles. The molecular weight excluding hydrogens is 356 g/mol. The van der Waals surface area contributed by atoms with E-state index < -0.39 is 5.92 Å². The fourth-order valence-corrected chi connectivity index (χ4v) is 2.88. The molecule has 0 aliphatic carbocycles. The first-order chi connectivity index (χ1) is 13.6. The highest BCUT2D eigenvalue weighted by molar-refractivity contribution is 5.89. The van der Waals surface area contributed by atoms with Crippen molar-refractivity contribution in [2.24, 2.45) is 0 Å². The second kappa shape index (κ2) is 13.5. The van der Waals surface area contributed by atoms with E-state index in [1.54, 1.807) is 47.5 Å². The van der Waals surface area contributed by atoms with Gasteiger partial charge in [0.1, 0.15) is 5.78 Å². The minimum Gasteiger partial charge on any atom is -0.493 e. The predicted octanol–water partition coefficient (Wildman–Crippen LogP) is 5.49. The standard InChI is InChI=1S/C19H22O5.2C2H6/c1-12(20)17(13-8-6-10-15(21-2)18(13)23-4)14-9-7-11-16(22-3)19(14)24-5;2*1-2/h6-11,17H,1-5H3;2*1-2H3. The van der Waals surface area contributed by atoms with Gasteiger partial charge < -0.3 is 18.9 Å². The SMILES string of the molecule is CC.CC.COc1cccc(C(C(C)=O)c2cccc(OC)c2OC)c1OC. The number of rotatable bonds is 7. The van der Waals surface area contributed by atoms with Gasteiger partial charge in [-0.05, 0) is 19.1 Å². The van der Waals surface area contributed by atoms with Crippen molar-refractivity contribution in [1.29, 1.82) is 0 Å². The number of para-hydroxylation sites is 2. The summed E-state index contributed by atoms with van der Waals surface area (Å²) < 4.78 is 21.7. The smallest absolute Gasteiger partial charge is 0.164 e. The zero-order valence-corrected chi connectivity index (χ0v) is 18.6. The maximum Gasteiger partial charge on any atom is 0.164 e. The lowest BCUT2D eigenvalue weighted by Gasteiger charge is -2.22. The van der Waals surface area contributed by atoms with E-state index in [9.17, 15) is 4.79 Å². The van der Waals surface area contributed by atoms with Crippen LogP contribution >= 0.6 is 0 Å². The minimum absolute atomic E-state index is 0.0342. The van der Waals surface area contributed by atoms with Crippen LogP contribution in [0, 0.1) is 0 Å². The van der Waals surface area contributed by atoms with Gasteiger partial charge in [-0.25, -0.2) is 0 Å². The number of hydrogen-bond acceptors (Lipinski definition) is 5. The van der Waals surface area contributed by atoms with Gasteiger partial charge in [0.25, 0.3) is 0 Å². The minimum atomic E-state index is -0.555. The molecule has 0 aliphatic rings. The Morgan fingerprint density at radius 1 is 0.679 bits per heavy atom. The van der Waals surface area contributed by atoms with E-state index in [0.717, 1.165) is 11.1 Å². The Hall–Kier alpha value is -2.69. The highest BCUT2D eigenvalue weighted by Gasteiger charge is 2.28. The summed E-state index contributed by atoms with van der Waals surface area (Å²) in [6, 6.07) is 11.0. The number of ether oxygens (including phenoxy) is 4. The Morgan fingerprint density at radius 3 is 1.29 bits per heavy atom. The van der Waals surface area contributed by atoms with Crippen molar-refractivity contribution in [3.05, 3.63) is 47.5 Å². The Balaban J connectivity index is 0.00000171. The average Bonchev–Trinajstić information content (AvgIpc) is 2.75.